The highest BCUT2D eigenvalue weighted by Gasteiger charge is 2.38. The summed E-state index contributed by atoms with van der Waals surface area (Å²) in [6, 6.07) is 8.47. The minimum absolute atomic E-state index is 0.0849. The van der Waals surface area contributed by atoms with Crippen LogP contribution in [0.2, 0.25) is 0 Å². The highest BCUT2D eigenvalue weighted by Crippen LogP contribution is 2.13. The molecule has 12 heteroatoms. The van der Waals surface area contributed by atoms with Crippen LogP contribution in [0, 0.1) is 12.9 Å². The summed E-state index contributed by atoms with van der Waals surface area (Å²) in [6.45, 7) is 1.68. The summed E-state index contributed by atoms with van der Waals surface area (Å²) in [6.07, 6.45) is -5.08. The Kier molecular flexibility index (Phi) is 6.39. The van der Waals surface area contributed by atoms with Crippen molar-refractivity contribution in [3.63, 3.8) is 0 Å². The van der Waals surface area contributed by atoms with Crippen molar-refractivity contribution in [2.75, 3.05) is 4.72 Å². The van der Waals surface area contributed by atoms with Crippen LogP contribution in [0.3, 0.4) is 0 Å². The van der Waals surface area contributed by atoms with Crippen molar-refractivity contribution in [3.05, 3.63) is 48.0 Å². The first-order valence-corrected chi connectivity index (χ1v) is 7.79. The number of alkyl halides is 3. The molecule has 2 heterocycles. The number of rotatable bonds is 3. The van der Waals surface area contributed by atoms with Crippen molar-refractivity contribution in [1.29, 1.82) is 0 Å². The maximum absolute atomic E-state index is 12.8. The van der Waals surface area contributed by atoms with Crippen LogP contribution in [-0.2, 0) is 14.8 Å². The summed E-state index contributed by atoms with van der Waals surface area (Å²) in [4.78, 5) is 16.2. The van der Waals surface area contributed by atoms with Gasteiger partial charge in [-0.25, -0.2) is 14.8 Å². The molecule has 2 aromatic rings. The van der Waals surface area contributed by atoms with Gasteiger partial charge in [-0.05, 0) is 31.2 Å². The molecule has 2 aromatic heterocycles. The molecule has 0 saturated carbocycles. The number of aliphatic carboxylic acids is 1. The van der Waals surface area contributed by atoms with Gasteiger partial charge in [-0.3, -0.25) is 4.72 Å². The summed E-state index contributed by atoms with van der Waals surface area (Å²) < 4.78 is 70.6. The highest BCUT2D eigenvalue weighted by molar-refractivity contribution is 7.92. The minimum atomic E-state index is -5.08. The lowest BCUT2D eigenvalue weighted by Gasteiger charge is -2.06. The maximum Gasteiger partial charge on any atom is 0.490 e. The number of hydrogen-bond acceptors (Lipinski definition) is 5. The topological polar surface area (TPSA) is 109 Å². The van der Waals surface area contributed by atoms with Gasteiger partial charge < -0.3 is 5.11 Å². The Hall–Kier alpha value is -2.76. The summed E-state index contributed by atoms with van der Waals surface area (Å²) in [5.74, 6) is -3.60. The molecule has 0 atom stereocenters. The molecular formula is C13H11F4N3O4S. The molecule has 0 saturated heterocycles. The van der Waals surface area contributed by atoms with Gasteiger partial charge in [0, 0.05) is 5.69 Å². The predicted octanol–water partition coefficient (Wildman–Crippen LogP) is 2.36. The minimum Gasteiger partial charge on any atom is -0.475 e. The first-order valence-electron chi connectivity index (χ1n) is 6.31. The second kappa shape index (κ2) is 7.88. The normalized spacial score (nSPS) is 11.2. The average molecular weight is 381 g/mol. The standard InChI is InChI=1S/C11H10FN3O2S.C2HF3O2/c1-8-4-2-7-11(13-8)18(16,17)15-10-6-3-5-9(12)14-10;3-2(4,5)1(6)7/h2-7H,1H3,(H,14,15);(H,6,7). The predicted molar refractivity (Wildman–Crippen MR) is 77.7 cm³/mol. The molecule has 0 spiro atoms. The van der Waals surface area contributed by atoms with E-state index < -0.39 is 28.1 Å². The van der Waals surface area contributed by atoms with Gasteiger partial charge in [0.2, 0.25) is 5.95 Å². The van der Waals surface area contributed by atoms with Crippen molar-refractivity contribution in [2.45, 2.75) is 18.1 Å². The zero-order chi connectivity index (χ0) is 19.3. The molecule has 136 valence electrons. The molecule has 7 nitrogen and oxygen atoms in total. The Bertz CT molecular complexity index is 856. The van der Waals surface area contributed by atoms with Crippen molar-refractivity contribution in [1.82, 2.24) is 9.97 Å². The molecule has 25 heavy (non-hydrogen) atoms. The molecule has 0 radical (unpaired) electrons. The summed E-state index contributed by atoms with van der Waals surface area (Å²) in [7, 11) is -3.84. The van der Waals surface area contributed by atoms with Gasteiger partial charge in [0.15, 0.2) is 5.03 Å². The van der Waals surface area contributed by atoms with Crippen molar-refractivity contribution in [3.8, 4) is 0 Å². The Morgan fingerprint density at radius 3 is 2.16 bits per heavy atom. The lowest BCUT2D eigenvalue weighted by atomic mass is 10.4. The molecule has 0 bridgehead atoms. The summed E-state index contributed by atoms with van der Waals surface area (Å²) >= 11 is 0. The van der Waals surface area contributed by atoms with Gasteiger partial charge in [0.1, 0.15) is 5.82 Å². The number of anilines is 1. The molecule has 0 aliphatic heterocycles. The van der Waals surface area contributed by atoms with Crippen LogP contribution in [0.5, 0.6) is 0 Å². The number of hydrogen-bond donors (Lipinski definition) is 2. The summed E-state index contributed by atoms with van der Waals surface area (Å²) in [5.41, 5.74) is 0.574. The van der Waals surface area contributed by atoms with E-state index in [0.717, 1.165) is 6.07 Å². The monoisotopic (exact) mass is 381 g/mol. The van der Waals surface area contributed by atoms with E-state index in [0.29, 0.717) is 5.69 Å². The van der Waals surface area contributed by atoms with Gasteiger partial charge in [0.25, 0.3) is 10.0 Å². The van der Waals surface area contributed by atoms with E-state index in [1.54, 1.807) is 19.1 Å². The fraction of sp³-hybridized carbons (Fsp3) is 0.154. The van der Waals surface area contributed by atoms with E-state index >= 15 is 0 Å². The van der Waals surface area contributed by atoms with Gasteiger partial charge in [-0.2, -0.15) is 26.0 Å². The molecule has 0 unspecified atom stereocenters. The van der Waals surface area contributed by atoms with E-state index in [9.17, 15) is 26.0 Å². The SMILES string of the molecule is Cc1cccc(S(=O)(=O)Nc2cccc(F)n2)n1.O=C(O)C(F)(F)F. The van der Waals surface area contributed by atoms with Crippen molar-refractivity contribution < 1.29 is 35.9 Å². The number of carbonyl (C=O) groups is 1. The third kappa shape index (κ3) is 6.71. The quantitative estimate of drug-likeness (QED) is 0.624. The van der Waals surface area contributed by atoms with E-state index in [-0.39, 0.29) is 10.8 Å². The van der Waals surface area contributed by atoms with Gasteiger partial charge in [-0.15, -0.1) is 0 Å². The Labute approximate surface area is 139 Å². The lowest BCUT2D eigenvalue weighted by molar-refractivity contribution is -0.192. The number of carboxylic acid groups (broad SMARTS) is 1. The zero-order valence-corrected chi connectivity index (χ0v) is 13.3. The Morgan fingerprint density at radius 2 is 1.68 bits per heavy atom. The third-order valence-corrected chi connectivity index (χ3v) is 3.59. The third-order valence-electron chi connectivity index (χ3n) is 2.33. The molecule has 0 aromatic carbocycles. The van der Waals surface area contributed by atoms with Crippen molar-refractivity contribution in [2.24, 2.45) is 0 Å². The number of carboxylic acids is 1. The molecule has 0 aliphatic rings. The Morgan fingerprint density at radius 1 is 1.12 bits per heavy atom. The molecule has 0 aliphatic carbocycles. The number of pyridine rings is 2. The van der Waals surface area contributed by atoms with Gasteiger partial charge >= 0.3 is 12.1 Å². The van der Waals surface area contributed by atoms with Crippen LogP contribution in [0.25, 0.3) is 0 Å². The van der Waals surface area contributed by atoms with Crippen LogP contribution in [0.4, 0.5) is 23.4 Å². The number of halogens is 4. The van der Waals surface area contributed by atoms with E-state index in [2.05, 4.69) is 14.7 Å². The first kappa shape index (κ1) is 20.3. The van der Waals surface area contributed by atoms with Crippen LogP contribution in [0.1, 0.15) is 5.69 Å². The second-order valence-corrected chi connectivity index (χ2v) is 6.00. The van der Waals surface area contributed by atoms with Crippen molar-refractivity contribution >= 4 is 21.8 Å². The lowest BCUT2D eigenvalue weighted by Crippen LogP contribution is -2.21. The Balaban J connectivity index is 0.000000381. The fourth-order valence-electron chi connectivity index (χ4n) is 1.32. The highest BCUT2D eigenvalue weighted by atomic mass is 32.2. The van der Waals surface area contributed by atoms with E-state index in [1.807, 2.05) is 0 Å². The van der Waals surface area contributed by atoms with Gasteiger partial charge in [-0.1, -0.05) is 12.1 Å². The summed E-state index contributed by atoms with van der Waals surface area (Å²) in [5, 5.41) is 6.99. The molecule has 2 N–H and O–H groups in total. The van der Waals surface area contributed by atoms with Crippen LogP contribution in [-0.4, -0.2) is 35.6 Å². The number of sulfonamides is 1. The van der Waals surface area contributed by atoms with E-state index in [1.165, 1.54) is 18.2 Å². The molecule has 0 fully saturated rings. The second-order valence-electron chi connectivity index (χ2n) is 4.37. The molecule has 0 amide bonds. The smallest absolute Gasteiger partial charge is 0.475 e. The maximum atomic E-state index is 12.8. The fourth-order valence-corrected chi connectivity index (χ4v) is 2.34. The van der Waals surface area contributed by atoms with Gasteiger partial charge in [0.05, 0.1) is 0 Å². The largest absolute Gasteiger partial charge is 0.490 e. The van der Waals surface area contributed by atoms with Crippen LogP contribution in [0.15, 0.2) is 41.4 Å². The number of aromatic nitrogens is 2. The molecule has 2 rings (SSSR count). The molecular weight excluding hydrogens is 370 g/mol. The van der Waals surface area contributed by atoms with Crippen LogP contribution >= 0.6 is 0 Å². The zero-order valence-electron chi connectivity index (χ0n) is 12.5. The van der Waals surface area contributed by atoms with Crippen LogP contribution < -0.4 is 4.72 Å². The first-order chi connectivity index (χ1) is 11.4. The number of nitrogens with one attached hydrogen (secondary N) is 1. The number of aryl methyl sites for hydroxylation is 1. The average Bonchev–Trinajstić information content (AvgIpc) is 2.46. The number of nitrogens with zero attached hydrogens (tertiary/aromatic N) is 2. The van der Waals surface area contributed by atoms with E-state index in [4.69, 9.17) is 9.90 Å².